The lowest BCUT2D eigenvalue weighted by Gasteiger charge is -2.21. The molecule has 0 bridgehead atoms. The third kappa shape index (κ3) is 1.83. The van der Waals surface area contributed by atoms with Crippen LogP contribution in [0.1, 0.15) is 19.4 Å². The number of benzene rings is 1. The van der Waals surface area contributed by atoms with Crippen LogP contribution in [0.2, 0.25) is 0 Å². The monoisotopic (exact) mass is 178 g/mol. The SMILES string of the molecule is C=CC(C)(C)c1ccc(O)cc1O. The molecule has 0 fully saturated rings. The van der Waals surface area contributed by atoms with Crippen molar-refractivity contribution in [2.45, 2.75) is 19.3 Å². The molecule has 2 heteroatoms. The number of hydrogen-bond donors (Lipinski definition) is 2. The number of aromatic hydroxyl groups is 2. The zero-order valence-electron chi connectivity index (χ0n) is 7.91. The van der Waals surface area contributed by atoms with Crippen molar-refractivity contribution in [1.29, 1.82) is 0 Å². The maximum atomic E-state index is 9.55. The van der Waals surface area contributed by atoms with Crippen LogP contribution in [0.5, 0.6) is 11.5 Å². The molecule has 1 aromatic rings. The Bertz CT molecular complexity index is 327. The number of hydrogen-bond acceptors (Lipinski definition) is 2. The fraction of sp³-hybridized carbons (Fsp3) is 0.273. The number of rotatable bonds is 2. The molecule has 70 valence electrons. The van der Waals surface area contributed by atoms with Crippen molar-refractivity contribution in [3.63, 3.8) is 0 Å². The third-order valence-corrected chi connectivity index (χ3v) is 2.19. The van der Waals surface area contributed by atoms with E-state index in [1.807, 2.05) is 13.8 Å². The predicted molar refractivity (Wildman–Crippen MR) is 53.0 cm³/mol. The molecule has 0 saturated carbocycles. The first-order chi connectivity index (χ1) is 5.97. The highest BCUT2D eigenvalue weighted by Crippen LogP contribution is 2.33. The maximum absolute atomic E-state index is 9.55. The molecule has 0 aliphatic rings. The molecule has 0 aliphatic carbocycles. The van der Waals surface area contributed by atoms with Gasteiger partial charge in [-0.05, 0) is 6.07 Å². The summed E-state index contributed by atoms with van der Waals surface area (Å²) in [5, 5.41) is 18.6. The lowest BCUT2D eigenvalue weighted by molar-refractivity contribution is 0.437. The Labute approximate surface area is 78.2 Å². The average molecular weight is 178 g/mol. The Morgan fingerprint density at radius 1 is 1.31 bits per heavy atom. The molecule has 13 heavy (non-hydrogen) atoms. The standard InChI is InChI=1S/C11H14O2/c1-4-11(2,3)9-6-5-8(12)7-10(9)13/h4-7,12-13H,1H2,2-3H3. The zero-order valence-corrected chi connectivity index (χ0v) is 7.91. The van der Waals surface area contributed by atoms with E-state index < -0.39 is 0 Å². The summed E-state index contributed by atoms with van der Waals surface area (Å²) in [6.07, 6.45) is 1.76. The molecular weight excluding hydrogens is 164 g/mol. The molecule has 1 rings (SSSR count). The van der Waals surface area contributed by atoms with Crippen LogP contribution in [0.4, 0.5) is 0 Å². The van der Waals surface area contributed by atoms with Gasteiger partial charge in [-0.1, -0.05) is 26.0 Å². The minimum Gasteiger partial charge on any atom is -0.508 e. The zero-order chi connectivity index (χ0) is 10.1. The van der Waals surface area contributed by atoms with Gasteiger partial charge in [0.15, 0.2) is 0 Å². The minimum atomic E-state index is -0.280. The summed E-state index contributed by atoms with van der Waals surface area (Å²) in [5.74, 6) is 0.172. The second-order valence-corrected chi connectivity index (χ2v) is 3.63. The Morgan fingerprint density at radius 2 is 1.92 bits per heavy atom. The molecule has 0 radical (unpaired) electrons. The van der Waals surface area contributed by atoms with Gasteiger partial charge in [0.2, 0.25) is 0 Å². The second kappa shape index (κ2) is 3.13. The van der Waals surface area contributed by atoms with Crippen molar-refractivity contribution in [2.75, 3.05) is 0 Å². The van der Waals surface area contributed by atoms with E-state index in [4.69, 9.17) is 5.11 Å². The fourth-order valence-electron chi connectivity index (χ4n) is 1.17. The molecule has 2 N–H and O–H groups in total. The highest BCUT2D eigenvalue weighted by atomic mass is 16.3. The summed E-state index contributed by atoms with van der Waals surface area (Å²) in [4.78, 5) is 0. The normalized spacial score (nSPS) is 11.2. The van der Waals surface area contributed by atoms with Crippen LogP contribution in [-0.4, -0.2) is 10.2 Å². The van der Waals surface area contributed by atoms with Crippen LogP contribution in [0.3, 0.4) is 0 Å². The second-order valence-electron chi connectivity index (χ2n) is 3.63. The molecule has 0 unspecified atom stereocenters. The predicted octanol–water partition coefficient (Wildman–Crippen LogP) is 2.56. The minimum absolute atomic E-state index is 0.0705. The summed E-state index contributed by atoms with van der Waals surface area (Å²) < 4.78 is 0. The van der Waals surface area contributed by atoms with Crippen molar-refractivity contribution in [3.05, 3.63) is 36.4 Å². The number of allylic oxidation sites excluding steroid dienone is 1. The summed E-state index contributed by atoms with van der Waals surface area (Å²) in [5.41, 5.74) is 0.484. The lowest BCUT2D eigenvalue weighted by atomic mass is 9.84. The van der Waals surface area contributed by atoms with Crippen molar-refractivity contribution in [3.8, 4) is 11.5 Å². The van der Waals surface area contributed by atoms with Gasteiger partial charge in [0.1, 0.15) is 11.5 Å². The smallest absolute Gasteiger partial charge is 0.123 e. The van der Waals surface area contributed by atoms with E-state index in [1.54, 1.807) is 18.2 Å². The molecular formula is C11H14O2. The van der Waals surface area contributed by atoms with E-state index in [9.17, 15) is 5.11 Å². The first-order valence-electron chi connectivity index (χ1n) is 4.13. The van der Waals surface area contributed by atoms with Gasteiger partial charge in [0, 0.05) is 17.0 Å². The van der Waals surface area contributed by atoms with E-state index >= 15 is 0 Å². The quantitative estimate of drug-likeness (QED) is 0.683. The van der Waals surface area contributed by atoms with Gasteiger partial charge in [0.25, 0.3) is 0 Å². The maximum Gasteiger partial charge on any atom is 0.123 e. The number of phenols is 2. The van der Waals surface area contributed by atoms with Gasteiger partial charge < -0.3 is 10.2 Å². The topological polar surface area (TPSA) is 40.5 Å². The van der Waals surface area contributed by atoms with Gasteiger partial charge in [-0.2, -0.15) is 0 Å². The first kappa shape index (κ1) is 9.65. The molecule has 2 nitrogen and oxygen atoms in total. The van der Waals surface area contributed by atoms with Gasteiger partial charge >= 0.3 is 0 Å². The van der Waals surface area contributed by atoms with E-state index in [2.05, 4.69) is 6.58 Å². The summed E-state index contributed by atoms with van der Waals surface area (Å²) >= 11 is 0. The van der Waals surface area contributed by atoms with Crippen LogP contribution in [-0.2, 0) is 5.41 Å². The Morgan fingerprint density at radius 3 is 2.38 bits per heavy atom. The third-order valence-electron chi connectivity index (χ3n) is 2.19. The molecule has 0 amide bonds. The Kier molecular flexibility index (Phi) is 2.32. The van der Waals surface area contributed by atoms with E-state index in [1.165, 1.54) is 6.07 Å². The number of phenolic OH excluding ortho intramolecular Hbond substituents is 2. The molecule has 0 spiro atoms. The molecule has 0 aromatic heterocycles. The van der Waals surface area contributed by atoms with Crippen molar-refractivity contribution < 1.29 is 10.2 Å². The Hall–Kier alpha value is -1.44. The molecule has 0 heterocycles. The van der Waals surface area contributed by atoms with Crippen LogP contribution in [0, 0.1) is 0 Å². The van der Waals surface area contributed by atoms with Crippen molar-refractivity contribution in [1.82, 2.24) is 0 Å². The van der Waals surface area contributed by atoms with Crippen molar-refractivity contribution >= 4 is 0 Å². The van der Waals surface area contributed by atoms with Crippen LogP contribution in [0.25, 0.3) is 0 Å². The van der Waals surface area contributed by atoms with Gasteiger partial charge in [0.05, 0.1) is 0 Å². The van der Waals surface area contributed by atoms with Gasteiger partial charge in [-0.15, -0.1) is 6.58 Å². The summed E-state index contributed by atoms with van der Waals surface area (Å²) in [6, 6.07) is 4.59. The van der Waals surface area contributed by atoms with E-state index in [-0.39, 0.29) is 16.9 Å². The van der Waals surface area contributed by atoms with E-state index in [0.717, 1.165) is 5.56 Å². The fourth-order valence-corrected chi connectivity index (χ4v) is 1.17. The molecule has 0 atom stereocenters. The van der Waals surface area contributed by atoms with Crippen LogP contribution in [0.15, 0.2) is 30.9 Å². The Balaban J connectivity index is 3.23. The highest BCUT2D eigenvalue weighted by molar-refractivity contribution is 5.44. The van der Waals surface area contributed by atoms with Crippen LogP contribution >= 0.6 is 0 Å². The van der Waals surface area contributed by atoms with Gasteiger partial charge in [-0.25, -0.2) is 0 Å². The largest absolute Gasteiger partial charge is 0.508 e. The summed E-state index contributed by atoms with van der Waals surface area (Å²) in [6.45, 7) is 7.60. The molecule has 1 aromatic carbocycles. The molecule has 0 saturated heterocycles. The lowest BCUT2D eigenvalue weighted by Crippen LogP contribution is -2.12. The first-order valence-corrected chi connectivity index (χ1v) is 4.13. The summed E-state index contributed by atoms with van der Waals surface area (Å²) in [7, 11) is 0. The van der Waals surface area contributed by atoms with Crippen molar-refractivity contribution in [2.24, 2.45) is 0 Å². The highest BCUT2D eigenvalue weighted by Gasteiger charge is 2.19. The van der Waals surface area contributed by atoms with Crippen LogP contribution < -0.4 is 0 Å². The van der Waals surface area contributed by atoms with Gasteiger partial charge in [-0.3, -0.25) is 0 Å². The molecule has 0 aliphatic heterocycles. The average Bonchev–Trinajstić information content (AvgIpc) is 2.03. The van der Waals surface area contributed by atoms with E-state index in [0.29, 0.717) is 0 Å².